The number of rotatable bonds is 7. The van der Waals surface area contributed by atoms with Crippen molar-refractivity contribution in [3.8, 4) is 17.0 Å². The number of pyridine rings is 1. The number of aromatic amines is 1. The Balaban J connectivity index is 1.39. The molecule has 4 aromatic rings. The van der Waals surface area contributed by atoms with Gasteiger partial charge >= 0.3 is 6.18 Å². The van der Waals surface area contributed by atoms with E-state index in [1.54, 1.807) is 30.7 Å². The Morgan fingerprint density at radius 2 is 1.77 bits per heavy atom. The van der Waals surface area contributed by atoms with Gasteiger partial charge in [-0.1, -0.05) is 24.3 Å². The average molecular weight is 483 g/mol. The van der Waals surface area contributed by atoms with Crippen LogP contribution in [0.25, 0.3) is 11.1 Å². The highest BCUT2D eigenvalue weighted by Gasteiger charge is 2.35. The van der Waals surface area contributed by atoms with E-state index in [1.165, 1.54) is 0 Å². The molecule has 0 spiro atoms. The van der Waals surface area contributed by atoms with Gasteiger partial charge in [-0.05, 0) is 24.1 Å². The fraction of sp³-hybridized carbons (Fsp3) is 0.174. The molecule has 0 aliphatic rings. The molecule has 0 saturated carbocycles. The van der Waals surface area contributed by atoms with Gasteiger partial charge in [-0.2, -0.15) is 18.3 Å². The number of aromatic nitrogens is 5. The number of ether oxygens (including phenoxy) is 1. The van der Waals surface area contributed by atoms with Crippen LogP contribution >= 0.6 is 0 Å². The number of carbonyl (C=O) groups is 1. The molecule has 0 saturated heterocycles. The summed E-state index contributed by atoms with van der Waals surface area (Å²) >= 11 is 0. The van der Waals surface area contributed by atoms with E-state index in [-0.39, 0.29) is 12.1 Å². The van der Waals surface area contributed by atoms with Gasteiger partial charge in [0.05, 0.1) is 36.8 Å². The number of hydrogen-bond donors (Lipinski definition) is 3. The maximum absolute atomic E-state index is 13.2. The van der Waals surface area contributed by atoms with E-state index >= 15 is 0 Å². The molecule has 35 heavy (non-hydrogen) atoms. The quantitative estimate of drug-likeness (QED) is 0.354. The summed E-state index contributed by atoms with van der Waals surface area (Å²) < 4.78 is 44.1. The van der Waals surface area contributed by atoms with Crippen LogP contribution < -0.4 is 15.4 Å². The van der Waals surface area contributed by atoms with Gasteiger partial charge in [0.2, 0.25) is 17.7 Å². The van der Waals surface area contributed by atoms with E-state index in [4.69, 9.17) is 0 Å². The molecule has 0 aliphatic carbocycles. The van der Waals surface area contributed by atoms with Crippen LogP contribution in [0.1, 0.15) is 16.8 Å². The fourth-order valence-electron chi connectivity index (χ4n) is 3.24. The molecule has 3 N–H and O–H groups in total. The van der Waals surface area contributed by atoms with Crippen molar-refractivity contribution in [2.24, 2.45) is 0 Å². The van der Waals surface area contributed by atoms with Crippen molar-refractivity contribution in [3.63, 3.8) is 0 Å². The molecule has 0 atom stereocenters. The second-order valence-electron chi connectivity index (χ2n) is 7.51. The summed E-state index contributed by atoms with van der Waals surface area (Å²) in [6.07, 6.45) is 1.47. The summed E-state index contributed by atoms with van der Waals surface area (Å²) in [7, 11) is 1.10. The molecule has 9 nitrogen and oxygen atoms in total. The summed E-state index contributed by atoms with van der Waals surface area (Å²) in [6, 6.07) is 7.92. The Bertz CT molecular complexity index is 1320. The Labute approximate surface area is 197 Å². The van der Waals surface area contributed by atoms with Crippen LogP contribution in [0.5, 0.6) is 5.88 Å². The number of carbonyl (C=O) groups excluding carboxylic acids is 1. The van der Waals surface area contributed by atoms with Crippen LogP contribution in [0.2, 0.25) is 0 Å². The molecule has 1 aromatic carbocycles. The van der Waals surface area contributed by atoms with Crippen LogP contribution in [0.15, 0.2) is 55.1 Å². The Kier molecular flexibility index (Phi) is 6.62. The monoisotopic (exact) mass is 483 g/mol. The van der Waals surface area contributed by atoms with E-state index in [2.05, 4.69) is 40.5 Å². The third-order valence-corrected chi connectivity index (χ3v) is 5.01. The lowest BCUT2D eigenvalue weighted by molar-refractivity contribution is -0.139. The molecule has 12 heteroatoms. The Hall–Kier alpha value is -4.48. The normalized spacial score (nSPS) is 11.2. The molecule has 3 heterocycles. The molecule has 1 amide bonds. The zero-order valence-corrected chi connectivity index (χ0v) is 18.6. The van der Waals surface area contributed by atoms with E-state index in [0.717, 1.165) is 41.9 Å². The summed E-state index contributed by atoms with van der Waals surface area (Å²) in [5, 5.41) is 12.3. The SMILES string of the molecule is COc1ncc(NC(=O)Cc2ccc(-c3cnc(Nc4c[nH]nc4C)nc3)cc2)cc1C(F)(F)F. The lowest BCUT2D eigenvalue weighted by Crippen LogP contribution is -2.16. The summed E-state index contributed by atoms with van der Waals surface area (Å²) in [6.45, 7) is 1.85. The number of hydrogen-bond acceptors (Lipinski definition) is 7. The number of halogens is 3. The first-order valence-corrected chi connectivity index (χ1v) is 10.3. The second kappa shape index (κ2) is 9.79. The molecule has 0 unspecified atom stereocenters. The third-order valence-electron chi connectivity index (χ3n) is 5.01. The van der Waals surface area contributed by atoms with Crippen LogP contribution in [-0.2, 0) is 17.4 Å². The molecular formula is C23H20F3N7O2. The highest BCUT2D eigenvalue weighted by Crippen LogP contribution is 2.36. The average Bonchev–Trinajstić information content (AvgIpc) is 3.23. The van der Waals surface area contributed by atoms with Gasteiger partial charge in [-0.15, -0.1) is 0 Å². The van der Waals surface area contributed by atoms with Gasteiger partial charge < -0.3 is 15.4 Å². The molecule has 0 aliphatic heterocycles. The number of amides is 1. The lowest BCUT2D eigenvalue weighted by Gasteiger charge is -2.13. The predicted molar refractivity (Wildman–Crippen MR) is 122 cm³/mol. The molecule has 180 valence electrons. The van der Waals surface area contributed by atoms with Crippen molar-refractivity contribution in [1.29, 1.82) is 0 Å². The van der Waals surface area contributed by atoms with Crippen molar-refractivity contribution in [1.82, 2.24) is 25.1 Å². The highest BCUT2D eigenvalue weighted by molar-refractivity contribution is 5.92. The van der Waals surface area contributed by atoms with Crippen molar-refractivity contribution in [3.05, 3.63) is 71.9 Å². The maximum Gasteiger partial charge on any atom is 0.421 e. The summed E-state index contributed by atoms with van der Waals surface area (Å²) in [5.74, 6) is -0.616. The second-order valence-corrected chi connectivity index (χ2v) is 7.51. The number of nitrogens with one attached hydrogen (secondary N) is 3. The summed E-state index contributed by atoms with van der Waals surface area (Å²) in [5.41, 5.74) is 2.73. The zero-order valence-electron chi connectivity index (χ0n) is 18.6. The first-order chi connectivity index (χ1) is 16.7. The molecule has 4 rings (SSSR count). The van der Waals surface area contributed by atoms with Gasteiger partial charge in [-0.3, -0.25) is 9.89 Å². The van der Waals surface area contributed by atoms with Crippen molar-refractivity contribution >= 4 is 23.2 Å². The van der Waals surface area contributed by atoms with Gasteiger partial charge in [0, 0.05) is 24.2 Å². The first kappa shape index (κ1) is 23.7. The number of H-pyrrole nitrogens is 1. The fourth-order valence-corrected chi connectivity index (χ4v) is 3.24. The topological polar surface area (TPSA) is 118 Å². The largest absolute Gasteiger partial charge is 0.481 e. The summed E-state index contributed by atoms with van der Waals surface area (Å²) in [4.78, 5) is 24.6. The van der Waals surface area contributed by atoms with Gasteiger partial charge in [0.1, 0.15) is 5.56 Å². The predicted octanol–water partition coefficient (Wildman–Crippen LogP) is 4.52. The van der Waals surface area contributed by atoms with E-state index in [1.807, 2.05) is 19.1 Å². The van der Waals surface area contributed by atoms with Crippen LogP contribution in [0, 0.1) is 6.92 Å². The van der Waals surface area contributed by atoms with Gasteiger partial charge in [-0.25, -0.2) is 15.0 Å². The van der Waals surface area contributed by atoms with Crippen molar-refractivity contribution in [2.45, 2.75) is 19.5 Å². The number of nitrogens with zero attached hydrogens (tertiary/aromatic N) is 4. The first-order valence-electron chi connectivity index (χ1n) is 10.3. The van der Waals surface area contributed by atoms with Crippen molar-refractivity contribution in [2.75, 3.05) is 17.7 Å². The van der Waals surface area contributed by atoms with Crippen molar-refractivity contribution < 1.29 is 22.7 Å². The van der Waals surface area contributed by atoms with E-state index in [9.17, 15) is 18.0 Å². The van der Waals surface area contributed by atoms with E-state index in [0.29, 0.717) is 11.5 Å². The highest BCUT2D eigenvalue weighted by atomic mass is 19.4. The molecule has 0 fully saturated rings. The van der Waals surface area contributed by atoms with Gasteiger partial charge in [0.15, 0.2) is 0 Å². The zero-order chi connectivity index (χ0) is 25.0. The van der Waals surface area contributed by atoms with Crippen LogP contribution in [0.3, 0.4) is 0 Å². The smallest absolute Gasteiger partial charge is 0.421 e. The van der Waals surface area contributed by atoms with E-state index < -0.39 is 23.5 Å². The Morgan fingerprint density at radius 1 is 1.06 bits per heavy atom. The minimum absolute atomic E-state index is 0.0307. The minimum Gasteiger partial charge on any atom is -0.481 e. The standard InChI is InChI=1S/C23H20F3N7O2/c1-13-19(12-30-33-13)32-22-28-9-16(10-29-22)15-5-3-14(4-6-15)7-20(34)31-17-8-18(23(24,25)26)21(35-2)27-11-17/h3-6,8-12H,7H2,1-2H3,(H,30,33)(H,31,34)(H,28,29,32). The Morgan fingerprint density at radius 3 is 2.37 bits per heavy atom. The van der Waals surface area contributed by atoms with Crippen LogP contribution in [-0.4, -0.2) is 38.2 Å². The number of methoxy groups -OCH3 is 1. The third kappa shape index (κ3) is 5.72. The molecule has 3 aromatic heterocycles. The molecule has 0 radical (unpaired) electrons. The number of alkyl halides is 3. The van der Waals surface area contributed by atoms with Gasteiger partial charge in [0.25, 0.3) is 0 Å². The lowest BCUT2D eigenvalue weighted by atomic mass is 10.0. The minimum atomic E-state index is -4.66. The number of benzene rings is 1. The molecular weight excluding hydrogens is 463 g/mol. The maximum atomic E-state index is 13.2. The number of aryl methyl sites for hydroxylation is 1. The van der Waals surface area contributed by atoms with Crippen LogP contribution in [0.4, 0.5) is 30.5 Å². The number of anilines is 3. The molecule has 0 bridgehead atoms.